The smallest absolute Gasteiger partial charge is 0.257 e. The van der Waals surface area contributed by atoms with Gasteiger partial charge >= 0.3 is 0 Å². The molecule has 3 aromatic rings. The molecule has 0 bridgehead atoms. The van der Waals surface area contributed by atoms with Gasteiger partial charge in [-0.15, -0.1) is 11.3 Å². The molecule has 0 aliphatic rings. The van der Waals surface area contributed by atoms with Crippen LogP contribution in [-0.2, 0) is 6.54 Å². The maximum atomic E-state index is 12.2. The maximum absolute atomic E-state index is 12.2. The predicted molar refractivity (Wildman–Crippen MR) is 87.3 cm³/mol. The van der Waals surface area contributed by atoms with Crippen LogP contribution in [0.4, 0.5) is 5.13 Å². The fourth-order valence-electron chi connectivity index (χ4n) is 2.27. The topological polar surface area (TPSA) is 59.8 Å². The van der Waals surface area contributed by atoms with Gasteiger partial charge in [-0.25, -0.2) is 4.98 Å². The van der Waals surface area contributed by atoms with Crippen molar-refractivity contribution in [2.24, 2.45) is 0 Å². The number of thiazole rings is 1. The standard InChI is InChI=1S/C16H16N4OS/c1-11-8-12(2)20(19-11)10-13-4-3-5-14(9-13)15(21)18-16-17-6-7-22-16/h3-9H,10H2,1-2H3,(H,17,18,21). The number of amides is 1. The molecule has 0 atom stereocenters. The van der Waals surface area contributed by atoms with Gasteiger partial charge in [0.1, 0.15) is 0 Å². The third kappa shape index (κ3) is 3.23. The number of rotatable bonds is 4. The molecular formula is C16H16N4OS. The second-order valence-electron chi connectivity index (χ2n) is 5.08. The second kappa shape index (κ2) is 6.11. The lowest BCUT2D eigenvalue weighted by atomic mass is 10.1. The Kier molecular flexibility index (Phi) is 4.02. The Bertz CT molecular complexity index is 792. The van der Waals surface area contributed by atoms with Crippen molar-refractivity contribution in [2.45, 2.75) is 20.4 Å². The fraction of sp³-hybridized carbons (Fsp3) is 0.188. The van der Waals surface area contributed by atoms with Crippen LogP contribution in [-0.4, -0.2) is 20.7 Å². The molecule has 0 spiro atoms. The predicted octanol–water partition coefficient (Wildman–Crippen LogP) is 3.26. The number of aromatic nitrogens is 3. The average Bonchev–Trinajstić information content (AvgIpc) is 3.09. The highest BCUT2D eigenvalue weighted by Gasteiger charge is 2.09. The third-order valence-electron chi connectivity index (χ3n) is 3.28. The lowest BCUT2D eigenvalue weighted by Crippen LogP contribution is -2.12. The summed E-state index contributed by atoms with van der Waals surface area (Å²) in [6.07, 6.45) is 1.67. The number of carbonyl (C=O) groups excluding carboxylic acids is 1. The van der Waals surface area contributed by atoms with Crippen LogP contribution >= 0.6 is 11.3 Å². The Labute approximate surface area is 132 Å². The van der Waals surface area contributed by atoms with Gasteiger partial charge < -0.3 is 0 Å². The lowest BCUT2D eigenvalue weighted by molar-refractivity contribution is 0.102. The third-order valence-corrected chi connectivity index (χ3v) is 3.97. The van der Waals surface area contributed by atoms with Gasteiger partial charge in [0.05, 0.1) is 12.2 Å². The number of hydrogen-bond donors (Lipinski definition) is 1. The van der Waals surface area contributed by atoms with Crippen molar-refractivity contribution in [3.8, 4) is 0 Å². The molecule has 22 heavy (non-hydrogen) atoms. The minimum atomic E-state index is -0.148. The molecule has 0 fully saturated rings. The van der Waals surface area contributed by atoms with Crippen molar-refractivity contribution in [2.75, 3.05) is 5.32 Å². The normalized spacial score (nSPS) is 10.6. The zero-order chi connectivity index (χ0) is 15.5. The Morgan fingerprint density at radius 1 is 1.32 bits per heavy atom. The molecule has 1 N–H and O–H groups in total. The molecule has 2 heterocycles. The van der Waals surface area contributed by atoms with E-state index in [2.05, 4.69) is 15.4 Å². The van der Waals surface area contributed by atoms with Gasteiger partial charge in [0.25, 0.3) is 5.91 Å². The van der Waals surface area contributed by atoms with Crippen molar-refractivity contribution in [3.63, 3.8) is 0 Å². The van der Waals surface area contributed by atoms with Gasteiger partial charge in [-0.2, -0.15) is 5.10 Å². The van der Waals surface area contributed by atoms with E-state index in [4.69, 9.17) is 0 Å². The van der Waals surface area contributed by atoms with E-state index in [1.54, 1.807) is 12.3 Å². The van der Waals surface area contributed by atoms with Crippen LogP contribution in [0.3, 0.4) is 0 Å². The molecule has 0 saturated heterocycles. The fourth-order valence-corrected chi connectivity index (χ4v) is 2.80. The summed E-state index contributed by atoms with van der Waals surface area (Å²) < 4.78 is 1.94. The summed E-state index contributed by atoms with van der Waals surface area (Å²) in [5, 5.41) is 9.67. The van der Waals surface area contributed by atoms with Crippen molar-refractivity contribution < 1.29 is 4.79 Å². The molecule has 112 valence electrons. The van der Waals surface area contributed by atoms with E-state index in [0.717, 1.165) is 17.0 Å². The van der Waals surface area contributed by atoms with Crippen molar-refractivity contribution in [3.05, 3.63) is 64.4 Å². The molecule has 1 aromatic carbocycles. The molecule has 0 aliphatic heterocycles. The Morgan fingerprint density at radius 2 is 2.18 bits per heavy atom. The molecule has 0 unspecified atom stereocenters. The first-order valence-corrected chi connectivity index (χ1v) is 7.80. The molecule has 3 rings (SSSR count). The summed E-state index contributed by atoms with van der Waals surface area (Å²) >= 11 is 1.40. The number of aryl methyl sites for hydroxylation is 2. The number of benzene rings is 1. The zero-order valence-electron chi connectivity index (χ0n) is 12.4. The highest BCUT2D eigenvalue weighted by Crippen LogP contribution is 2.14. The molecule has 2 aromatic heterocycles. The summed E-state index contributed by atoms with van der Waals surface area (Å²) in [5.41, 5.74) is 3.76. The summed E-state index contributed by atoms with van der Waals surface area (Å²) in [6, 6.07) is 9.61. The molecule has 5 nitrogen and oxygen atoms in total. The molecular weight excluding hydrogens is 296 g/mol. The summed E-state index contributed by atoms with van der Waals surface area (Å²) in [7, 11) is 0. The molecule has 1 amide bonds. The van der Waals surface area contributed by atoms with E-state index in [0.29, 0.717) is 17.2 Å². The number of hydrogen-bond acceptors (Lipinski definition) is 4. The van der Waals surface area contributed by atoms with Crippen molar-refractivity contribution in [1.29, 1.82) is 0 Å². The van der Waals surface area contributed by atoms with Gasteiger partial charge in [-0.1, -0.05) is 12.1 Å². The van der Waals surface area contributed by atoms with E-state index in [-0.39, 0.29) is 5.91 Å². The number of carbonyl (C=O) groups is 1. The van der Waals surface area contributed by atoms with Crippen LogP contribution in [0.2, 0.25) is 0 Å². The summed E-state index contributed by atoms with van der Waals surface area (Å²) in [6.45, 7) is 4.65. The van der Waals surface area contributed by atoms with E-state index >= 15 is 0 Å². The van der Waals surface area contributed by atoms with Gasteiger partial charge in [0, 0.05) is 22.8 Å². The Morgan fingerprint density at radius 3 is 2.86 bits per heavy atom. The second-order valence-corrected chi connectivity index (χ2v) is 5.97. The molecule has 6 heteroatoms. The largest absolute Gasteiger partial charge is 0.298 e. The average molecular weight is 312 g/mol. The quantitative estimate of drug-likeness (QED) is 0.804. The molecule has 0 radical (unpaired) electrons. The Balaban J connectivity index is 1.77. The number of nitrogens with zero attached hydrogens (tertiary/aromatic N) is 3. The van der Waals surface area contributed by atoms with Crippen LogP contribution in [0.25, 0.3) is 0 Å². The van der Waals surface area contributed by atoms with E-state index < -0.39 is 0 Å². The maximum Gasteiger partial charge on any atom is 0.257 e. The summed E-state index contributed by atoms with van der Waals surface area (Å²) in [5.74, 6) is -0.148. The minimum Gasteiger partial charge on any atom is -0.298 e. The van der Waals surface area contributed by atoms with Gasteiger partial charge in [0.15, 0.2) is 5.13 Å². The van der Waals surface area contributed by atoms with Crippen LogP contribution < -0.4 is 5.32 Å². The lowest BCUT2D eigenvalue weighted by Gasteiger charge is -2.07. The van der Waals surface area contributed by atoms with Crippen molar-refractivity contribution >= 4 is 22.4 Å². The molecule has 0 aliphatic carbocycles. The number of nitrogens with one attached hydrogen (secondary N) is 1. The molecule has 0 saturated carbocycles. The summed E-state index contributed by atoms with van der Waals surface area (Å²) in [4.78, 5) is 16.3. The monoisotopic (exact) mass is 312 g/mol. The van der Waals surface area contributed by atoms with E-state index in [1.165, 1.54) is 11.3 Å². The highest BCUT2D eigenvalue weighted by atomic mass is 32.1. The first-order chi connectivity index (χ1) is 10.6. The van der Waals surface area contributed by atoms with Gasteiger partial charge in [-0.05, 0) is 37.6 Å². The van der Waals surface area contributed by atoms with E-state index in [1.807, 2.05) is 48.2 Å². The van der Waals surface area contributed by atoms with Crippen LogP contribution in [0.5, 0.6) is 0 Å². The number of anilines is 1. The van der Waals surface area contributed by atoms with Crippen LogP contribution in [0.1, 0.15) is 27.3 Å². The van der Waals surface area contributed by atoms with Crippen LogP contribution in [0.15, 0.2) is 41.9 Å². The first-order valence-electron chi connectivity index (χ1n) is 6.92. The highest BCUT2D eigenvalue weighted by molar-refractivity contribution is 7.13. The van der Waals surface area contributed by atoms with Gasteiger partial charge in [-0.3, -0.25) is 14.8 Å². The zero-order valence-corrected chi connectivity index (χ0v) is 13.2. The van der Waals surface area contributed by atoms with E-state index in [9.17, 15) is 4.79 Å². The first kappa shape index (κ1) is 14.5. The Hall–Kier alpha value is -2.47. The van der Waals surface area contributed by atoms with Crippen molar-refractivity contribution in [1.82, 2.24) is 14.8 Å². The van der Waals surface area contributed by atoms with Crippen LogP contribution in [0, 0.1) is 13.8 Å². The SMILES string of the molecule is Cc1cc(C)n(Cc2cccc(C(=O)Nc3nccs3)c2)n1. The minimum absolute atomic E-state index is 0.148. The van der Waals surface area contributed by atoms with Gasteiger partial charge in [0.2, 0.25) is 0 Å².